The van der Waals surface area contributed by atoms with Crippen molar-refractivity contribution in [3.05, 3.63) is 58.1 Å². The minimum atomic E-state index is 0.664. The molecule has 0 spiro atoms. The molecule has 0 atom stereocenters. The zero-order valence-electron chi connectivity index (χ0n) is 12.4. The molecule has 2 heterocycles. The van der Waals surface area contributed by atoms with E-state index >= 15 is 0 Å². The van der Waals surface area contributed by atoms with Gasteiger partial charge in [-0.25, -0.2) is 0 Å². The minimum absolute atomic E-state index is 0.664. The van der Waals surface area contributed by atoms with Gasteiger partial charge < -0.3 is 5.73 Å². The van der Waals surface area contributed by atoms with Crippen LogP contribution < -0.4 is 5.73 Å². The standard InChI is InChI=1S/C16H20Cl2N4/c17-13-5-3-8-20-15(13)11-22(10-2-1-7-19)12-16-14(18)6-4-9-21-16/h3-6,8-9H,1-2,7,10-12,19H2. The molecule has 0 saturated carbocycles. The Labute approximate surface area is 141 Å². The first kappa shape index (κ1) is 17.2. The molecule has 22 heavy (non-hydrogen) atoms. The summed E-state index contributed by atoms with van der Waals surface area (Å²) in [6, 6.07) is 7.38. The molecule has 0 radical (unpaired) electrons. The van der Waals surface area contributed by atoms with E-state index in [1.807, 2.05) is 24.3 Å². The smallest absolute Gasteiger partial charge is 0.0729 e. The number of halogens is 2. The Balaban J connectivity index is 2.09. The van der Waals surface area contributed by atoms with E-state index in [9.17, 15) is 0 Å². The van der Waals surface area contributed by atoms with E-state index < -0.39 is 0 Å². The molecule has 4 nitrogen and oxygen atoms in total. The molecule has 6 heteroatoms. The first-order valence-corrected chi connectivity index (χ1v) is 8.07. The maximum absolute atomic E-state index is 6.21. The molecule has 0 aliphatic heterocycles. The van der Waals surface area contributed by atoms with Crippen LogP contribution in [-0.4, -0.2) is 28.0 Å². The predicted molar refractivity (Wildman–Crippen MR) is 90.9 cm³/mol. The van der Waals surface area contributed by atoms with Crippen LogP contribution >= 0.6 is 23.2 Å². The number of aromatic nitrogens is 2. The van der Waals surface area contributed by atoms with Crippen molar-refractivity contribution in [1.29, 1.82) is 0 Å². The van der Waals surface area contributed by atoms with E-state index in [-0.39, 0.29) is 0 Å². The van der Waals surface area contributed by atoms with Crippen LogP contribution in [-0.2, 0) is 13.1 Å². The Bertz CT molecular complexity index is 544. The van der Waals surface area contributed by atoms with Gasteiger partial charge >= 0.3 is 0 Å². The van der Waals surface area contributed by atoms with Crippen LogP contribution in [0.3, 0.4) is 0 Å². The van der Waals surface area contributed by atoms with Crippen molar-refractivity contribution < 1.29 is 0 Å². The van der Waals surface area contributed by atoms with Gasteiger partial charge in [0.05, 0.1) is 21.4 Å². The molecule has 0 bridgehead atoms. The molecule has 2 rings (SSSR count). The molecule has 0 unspecified atom stereocenters. The van der Waals surface area contributed by atoms with Gasteiger partial charge in [0.1, 0.15) is 0 Å². The van der Waals surface area contributed by atoms with Gasteiger partial charge in [-0.2, -0.15) is 0 Å². The van der Waals surface area contributed by atoms with Gasteiger partial charge in [0.2, 0.25) is 0 Å². The Morgan fingerprint density at radius 2 is 1.45 bits per heavy atom. The molecule has 2 N–H and O–H groups in total. The van der Waals surface area contributed by atoms with Crippen LogP contribution in [0.5, 0.6) is 0 Å². The van der Waals surface area contributed by atoms with Gasteiger partial charge in [0.25, 0.3) is 0 Å². The highest BCUT2D eigenvalue weighted by Crippen LogP contribution is 2.19. The molecule has 2 aromatic heterocycles. The third kappa shape index (κ3) is 5.21. The SMILES string of the molecule is NCCCCN(Cc1ncccc1Cl)Cc1ncccc1Cl. The number of hydrogen-bond donors (Lipinski definition) is 1. The lowest BCUT2D eigenvalue weighted by atomic mass is 10.2. The molecule has 118 valence electrons. The van der Waals surface area contributed by atoms with Crippen LogP contribution in [0.4, 0.5) is 0 Å². The summed E-state index contributed by atoms with van der Waals surface area (Å²) in [7, 11) is 0. The van der Waals surface area contributed by atoms with Gasteiger partial charge in [-0.05, 0) is 50.2 Å². The lowest BCUT2D eigenvalue weighted by Crippen LogP contribution is -2.26. The number of hydrogen-bond acceptors (Lipinski definition) is 4. The van der Waals surface area contributed by atoms with Gasteiger partial charge in [0.15, 0.2) is 0 Å². The third-order valence-corrected chi connectivity index (χ3v) is 4.03. The van der Waals surface area contributed by atoms with E-state index in [1.165, 1.54) is 0 Å². The van der Waals surface area contributed by atoms with Gasteiger partial charge in [-0.1, -0.05) is 23.2 Å². The van der Waals surface area contributed by atoms with E-state index in [0.717, 1.165) is 30.8 Å². The van der Waals surface area contributed by atoms with Gasteiger partial charge in [0, 0.05) is 25.5 Å². The first-order chi connectivity index (χ1) is 10.7. The Kier molecular flexibility index (Phi) is 7.06. The highest BCUT2D eigenvalue weighted by molar-refractivity contribution is 6.31. The predicted octanol–water partition coefficient (Wildman–Crippen LogP) is 3.52. The van der Waals surface area contributed by atoms with E-state index in [0.29, 0.717) is 29.7 Å². The van der Waals surface area contributed by atoms with Crippen LogP contribution in [0.1, 0.15) is 24.2 Å². The number of nitrogens with zero attached hydrogens (tertiary/aromatic N) is 3. The summed E-state index contributed by atoms with van der Waals surface area (Å²) in [5.74, 6) is 0. The largest absolute Gasteiger partial charge is 0.330 e. The molecule has 0 amide bonds. The van der Waals surface area contributed by atoms with Crippen LogP contribution in [0.2, 0.25) is 10.0 Å². The molecule has 0 aliphatic rings. The molecule has 2 aromatic rings. The zero-order valence-corrected chi connectivity index (χ0v) is 13.9. The van der Waals surface area contributed by atoms with Crippen molar-refractivity contribution in [1.82, 2.24) is 14.9 Å². The Morgan fingerprint density at radius 3 is 1.91 bits per heavy atom. The molecule has 0 aromatic carbocycles. The number of pyridine rings is 2. The number of rotatable bonds is 8. The Hall–Kier alpha value is -1.20. The van der Waals surface area contributed by atoms with Crippen molar-refractivity contribution in [2.45, 2.75) is 25.9 Å². The molecule has 0 saturated heterocycles. The van der Waals surface area contributed by atoms with E-state index in [1.54, 1.807) is 12.4 Å². The summed E-state index contributed by atoms with van der Waals surface area (Å²) < 4.78 is 0. The summed E-state index contributed by atoms with van der Waals surface area (Å²) in [6.45, 7) is 2.92. The minimum Gasteiger partial charge on any atom is -0.330 e. The molecular formula is C16H20Cl2N4. The topological polar surface area (TPSA) is 55.0 Å². The highest BCUT2D eigenvalue weighted by Gasteiger charge is 2.12. The first-order valence-electron chi connectivity index (χ1n) is 7.32. The van der Waals surface area contributed by atoms with Crippen molar-refractivity contribution in [3.63, 3.8) is 0 Å². The van der Waals surface area contributed by atoms with Crippen molar-refractivity contribution in [2.24, 2.45) is 5.73 Å². The quantitative estimate of drug-likeness (QED) is 0.748. The highest BCUT2D eigenvalue weighted by atomic mass is 35.5. The molecular weight excluding hydrogens is 319 g/mol. The third-order valence-electron chi connectivity index (χ3n) is 3.34. The monoisotopic (exact) mass is 338 g/mol. The fourth-order valence-electron chi connectivity index (χ4n) is 2.19. The molecule has 0 fully saturated rings. The van der Waals surface area contributed by atoms with Gasteiger partial charge in [-0.3, -0.25) is 14.9 Å². The Morgan fingerprint density at radius 1 is 0.909 bits per heavy atom. The van der Waals surface area contributed by atoms with Crippen LogP contribution in [0, 0.1) is 0 Å². The second-order valence-corrected chi connectivity index (χ2v) is 5.88. The van der Waals surface area contributed by atoms with E-state index in [4.69, 9.17) is 28.9 Å². The zero-order chi connectivity index (χ0) is 15.8. The van der Waals surface area contributed by atoms with Crippen molar-refractivity contribution in [2.75, 3.05) is 13.1 Å². The van der Waals surface area contributed by atoms with Crippen molar-refractivity contribution in [3.8, 4) is 0 Å². The maximum Gasteiger partial charge on any atom is 0.0729 e. The van der Waals surface area contributed by atoms with Gasteiger partial charge in [-0.15, -0.1) is 0 Å². The second-order valence-electron chi connectivity index (χ2n) is 5.07. The fourth-order valence-corrected chi connectivity index (χ4v) is 2.55. The number of nitrogens with two attached hydrogens (primary N) is 1. The fraction of sp³-hybridized carbons (Fsp3) is 0.375. The summed E-state index contributed by atoms with van der Waals surface area (Å²) in [5.41, 5.74) is 7.31. The lowest BCUT2D eigenvalue weighted by molar-refractivity contribution is 0.246. The summed E-state index contributed by atoms with van der Waals surface area (Å²) in [6.07, 6.45) is 5.52. The normalized spacial score (nSPS) is 11.1. The van der Waals surface area contributed by atoms with Crippen molar-refractivity contribution >= 4 is 23.2 Å². The van der Waals surface area contributed by atoms with Crippen LogP contribution in [0.15, 0.2) is 36.7 Å². The van der Waals surface area contributed by atoms with Crippen LogP contribution in [0.25, 0.3) is 0 Å². The average Bonchev–Trinajstić information content (AvgIpc) is 2.52. The summed E-state index contributed by atoms with van der Waals surface area (Å²) >= 11 is 12.4. The van der Waals surface area contributed by atoms with E-state index in [2.05, 4.69) is 14.9 Å². The lowest BCUT2D eigenvalue weighted by Gasteiger charge is -2.22. The maximum atomic E-state index is 6.21. The summed E-state index contributed by atoms with van der Waals surface area (Å²) in [5, 5.41) is 1.36. The average molecular weight is 339 g/mol. The molecule has 0 aliphatic carbocycles. The number of unbranched alkanes of at least 4 members (excludes halogenated alkanes) is 1. The second kappa shape index (κ2) is 9.06. The summed E-state index contributed by atoms with van der Waals surface area (Å²) in [4.78, 5) is 11.0.